The monoisotopic (exact) mass is 241 g/mol. The molecule has 0 radical (unpaired) electrons. The standard InChI is InChI=1S/C12H13F2NO2/c1-2-8(12(16)17)6-7-15-11-9(13)4-3-5-10(11)14/h3-6,15H,2,7H2,1H3,(H,16,17)/b8-6-. The number of aliphatic carboxylic acids is 1. The van der Waals surface area contributed by atoms with Crippen LogP contribution in [-0.2, 0) is 4.79 Å². The first-order valence-electron chi connectivity index (χ1n) is 5.16. The number of benzene rings is 1. The largest absolute Gasteiger partial charge is 0.478 e. The summed E-state index contributed by atoms with van der Waals surface area (Å²) in [7, 11) is 0. The molecule has 1 aromatic rings. The van der Waals surface area contributed by atoms with Crippen LogP contribution in [-0.4, -0.2) is 17.6 Å². The Morgan fingerprint density at radius 1 is 1.41 bits per heavy atom. The fourth-order valence-electron chi connectivity index (χ4n) is 1.33. The summed E-state index contributed by atoms with van der Waals surface area (Å²) in [6.07, 6.45) is 1.75. The third-order valence-electron chi connectivity index (χ3n) is 2.25. The molecule has 1 rings (SSSR count). The van der Waals surface area contributed by atoms with E-state index in [1.807, 2.05) is 0 Å². The second-order valence-electron chi connectivity index (χ2n) is 3.37. The summed E-state index contributed by atoms with van der Waals surface area (Å²) in [5.74, 6) is -2.43. The molecule has 0 unspecified atom stereocenters. The molecule has 92 valence electrons. The highest BCUT2D eigenvalue weighted by atomic mass is 19.1. The average Bonchev–Trinajstić information content (AvgIpc) is 2.27. The molecule has 0 aliphatic heterocycles. The molecule has 1 aromatic carbocycles. The first-order valence-corrected chi connectivity index (χ1v) is 5.16. The first-order chi connectivity index (χ1) is 8.06. The van der Waals surface area contributed by atoms with Crippen molar-refractivity contribution < 1.29 is 18.7 Å². The van der Waals surface area contributed by atoms with Crippen LogP contribution in [0.4, 0.5) is 14.5 Å². The number of hydrogen-bond acceptors (Lipinski definition) is 2. The van der Waals surface area contributed by atoms with Crippen molar-refractivity contribution in [1.82, 2.24) is 0 Å². The van der Waals surface area contributed by atoms with Gasteiger partial charge in [0, 0.05) is 12.1 Å². The van der Waals surface area contributed by atoms with E-state index in [4.69, 9.17) is 5.11 Å². The van der Waals surface area contributed by atoms with Crippen molar-refractivity contribution in [2.75, 3.05) is 11.9 Å². The van der Waals surface area contributed by atoms with Crippen molar-refractivity contribution in [2.24, 2.45) is 0 Å². The minimum atomic E-state index is -1.02. The van der Waals surface area contributed by atoms with Crippen molar-refractivity contribution in [2.45, 2.75) is 13.3 Å². The lowest BCUT2D eigenvalue weighted by Crippen LogP contribution is -2.07. The Bertz CT molecular complexity index is 424. The van der Waals surface area contributed by atoms with Gasteiger partial charge in [-0.05, 0) is 18.6 Å². The van der Waals surface area contributed by atoms with Gasteiger partial charge in [-0.2, -0.15) is 0 Å². The highest BCUT2D eigenvalue weighted by Crippen LogP contribution is 2.17. The molecule has 0 spiro atoms. The Morgan fingerprint density at radius 2 is 2.00 bits per heavy atom. The third kappa shape index (κ3) is 3.55. The maximum Gasteiger partial charge on any atom is 0.331 e. The zero-order valence-electron chi connectivity index (χ0n) is 9.34. The van der Waals surface area contributed by atoms with Gasteiger partial charge in [0.25, 0.3) is 0 Å². The summed E-state index contributed by atoms with van der Waals surface area (Å²) in [5.41, 5.74) is -0.0427. The van der Waals surface area contributed by atoms with Crippen LogP contribution in [0.3, 0.4) is 0 Å². The molecular formula is C12H13F2NO2. The van der Waals surface area contributed by atoms with E-state index in [1.54, 1.807) is 6.92 Å². The molecule has 0 heterocycles. The molecule has 2 N–H and O–H groups in total. The zero-order chi connectivity index (χ0) is 12.8. The third-order valence-corrected chi connectivity index (χ3v) is 2.25. The average molecular weight is 241 g/mol. The maximum absolute atomic E-state index is 13.2. The molecule has 17 heavy (non-hydrogen) atoms. The van der Waals surface area contributed by atoms with Gasteiger partial charge in [0.15, 0.2) is 0 Å². The summed E-state index contributed by atoms with van der Waals surface area (Å²) in [6.45, 7) is 1.76. The Balaban J connectivity index is 2.71. The Kier molecular flexibility index (Phi) is 4.63. The molecule has 0 fully saturated rings. The number of para-hydroxylation sites is 1. The molecule has 0 saturated carbocycles. The number of nitrogens with one attached hydrogen (secondary N) is 1. The van der Waals surface area contributed by atoms with Gasteiger partial charge >= 0.3 is 5.97 Å². The van der Waals surface area contributed by atoms with Gasteiger partial charge in [0.1, 0.15) is 17.3 Å². The van der Waals surface area contributed by atoms with Crippen LogP contribution in [0, 0.1) is 11.6 Å². The number of carboxylic acid groups (broad SMARTS) is 1. The lowest BCUT2D eigenvalue weighted by Gasteiger charge is -2.06. The zero-order valence-corrected chi connectivity index (χ0v) is 9.34. The topological polar surface area (TPSA) is 49.3 Å². The van der Waals surface area contributed by atoms with E-state index in [0.717, 1.165) is 12.1 Å². The van der Waals surface area contributed by atoms with Crippen LogP contribution in [0.25, 0.3) is 0 Å². The van der Waals surface area contributed by atoms with Crippen LogP contribution in [0.15, 0.2) is 29.8 Å². The normalized spacial score (nSPS) is 11.4. The van der Waals surface area contributed by atoms with E-state index in [-0.39, 0.29) is 17.8 Å². The highest BCUT2D eigenvalue weighted by Gasteiger charge is 2.07. The van der Waals surface area contributed by atoms with E-state index in [0.29, 0.717) is 6.42 Å². The first kappa shape index (κ1) is 13.2. The number of rotatable bonds is 5. The molecular weight excluding hydrogens is 228 g/mol. The van der Waals surface area contributed by atoms with E-state index in [9.17, 15) is 13.6 Å². The lowest BCUT2D eigenvalue weighted by atomic mass is 10.2. The van der Waals surface area contributed by atoms with Crippen LogP contribution >= 0.6 is 0 Å². The van der Waals surface area contributed by atoms with Gasteiger partial charge in [-0.25, -0.2) is 13.6 Å². The summed E-state index contributed by atoms with van der Waals surface area (Å²) in [5, 5.41) is 11.2. The molecule has 0 amide bonds. The predicted octanol–water partition coefficient (Wildman–Crippen LogP) is 2.80. The number of halogens is 2. The second kappa shape index (κ2) is 5.98. The minimum Gasteiger partial charge on any atom is -0.478 e. The molecule has 0 aromatic heterocycles. The van der Waals surface area contributed by atoms with Crippen LogP contribution in [0.1, 0.15) is 13.3 Å². The van der Waals surface area contributed by atoms with Gasteiger partial charge < -0.3 is 10.4 Å². The molecule has 0 atom stereocenters. The SMILES string of the molecule is CC/C(=C/CNc1c(F)cccc1F)C(=O)O. The van der Waals surface area contributed by atoms with Gasteiger partial charge in [-0.3, -0.25) is 0 Å². The van der Waals surface area contributed by atoms with Gasteiger partial charge in [-0.15, -0.1) is 0 Å². The Labute approximate surface area is 97.8 Å². The van der Waals surface area contributed by atoms with Crippen molar-refractivity contribution in [3.63, 3.8) is 0 Å². The predicted molar refractivity (Wildman–Crippen MR) is 60.9 cm³/mol. The van der Waals surface area contributed by atoms with Crippen molar-refractivity contribution in [3.05, 3.63) is 41.5 Å². The van der Waals surface area contributed by atoms with Crippen molar-refractivity contribution in [1.29, 1.82) is 0 Å². The molecule has 0 aliphatic rings. The van der Waals surface area contributed by atoms with Crippen LogP contribution in [0.2, 0.25) is 0 Å². The van der Waals surface area contributed by atoms with E-state index in [2.05, 4.69) is 5.32 Å². The molecule has 5 heteroatoms. The Morgan fingerprint density at radius 3 is 2.47 bits per heavy atom. The highest BCUT2D eigenvalue weighted by molar-refractivity contribution is 5.86. The summed E-state index contributed by atoms with van der Waals surface area (Å²) in [4.78, 5) is 10.7. The maximum atomic E-state index is 13.2. The molecule has 0 bridgehead atoms. The number of carboxylic acids is 1. The summed E-state index contributed by atoms with van der Waals surface area (Å²) in [6, 6.07) is 3.53. The smallest absolute Gasteiger partial charge is 0.331 e. The molecule has 3 nitrogen and oxygen atoms in total. The van der Waals surface area contributed by atoms with Gasteiger partial charge in [0.2, 0.25) is 0 Å². The minimum absolute atomic E-state index is 0.0628. The molecule has 0 aliphatic carbocycles. The Hall–Kier alpha value is -1.91. The van der Waals surface area contributed by atoms with Gasteiger partial charge in [-0.1, -0.05) is 19.1 Å². The number of carbonyl (C=O) groups is 1. The van der Waals surface area contributed by atoms with Gasteiger partial charge in [0.05, 0.1) is 0 Å². The van der Waals surface area contributed by atoms with Crippen LogP contribution in [0.5, 0.6) is 0 Å². The second-order valence-corrected chi connectivity index (χ2v) is 3.37. The fraction of sp³-hybridized carbons (Fsp3) is 0.250. The van der Waals surface area contributed by atoms with E-state index < -0.39 is 17.6 Å². The summed E-state index contributed by atoms with van der Waals surface area (Å²) >= 11 is 0. The lowest BCUT2D eigenvalue weighted by molar-refractivity contribution is -0.132. The van der Waals surface area contributed by atoms with E-state index in [1.165, 1.54) is 12.1 Å². The van der Waals surface area contributed by atoms with E-state index >= 15 is 0 Å². The number of hydrogen-bond donors (Lipinski definition) is 2. The fourth-order valence-corrected chi connectivity index (χ4v) is 1.33. The van der Waals surface area contributed by atoms with Crippen LogP contribution < -0.4 is 5.32 Å². The quantitative estimate of drug-likeness (QED) is 0.779. The van der Waals surface area contributed by atoms with Crippen molar-refractivity contribution >= 4 is 11.7 Å². The molecule has 0 saturated heterocycles. The van der Waals surface area contributed by atoms with Crippen molar-refractivity contribution in [3.8, 4) is 0 Å². The number of anilines is 1. The summed E-state index contributed by atoms with van der Waals surface area (Å²) < 4.78 is 26.4.